The summed E-state index contributed by atoms with van der Waals surface area (Å²) in [7, 11) is 9.87. The zero-order valence-electron chi connectivity index (χ0n) is 17.2. The summed E-state index contributed by atoms with van der Waals surface area (Å²) in [6, 6.07) is 16.4. The molecule has 0 aliphatic carbocycles. The average Bonchev–Trinajstić information content (AvgIpc) is 2.95. The predicted octanol–water partition coefficient (Wildman–Crippen LogP) is 8.47. The van der Waals surface area contributed by atoms with Crippen LogP contribution in [0.2, 0.25) is 0 Å². The summed E-state index contributed by atoms with van der Waals surface area (Å²) in [4.78, 5) is 0. The Balaban J connectivity index is 0.000000817. The quantitative estimate of drug-likeness (QED) is 0.331. The molecule has 0 N–H and O–H groups in total. The zero-order valence-corrected chi connectivity index (χ0v) is 21.2. The van der Waals surface area contributed by atoms with Crippen molar-refractivity contribution in [2.45, 2.75) is 59.8 Å². The molecular formula is C24H29Cl2Zr-. The third kappa shape index (κ3) is 5.75. The second kappa shape index (κ2) is 9.82. The molecule has 0 saturated carbocycles. The maximum absolute atomic E-state index is 4.93. The van der Waals surface area contributed by atoms with Crippen molar-refractivity contribution < 1.29 is 20.8 Å². The first kappa shape index (κ1) is 22.8. The molecule has 0 spiro atoms. The molecule has 0 nitrogen and oxygen atoms in total. The molecule has 3 heteroatoms. The van der Waals surface area contributed by atoms with E-state index in [0.29, 0.717) is 0 Å². The fourth-order valence-corrected chi connectivity index (χ4v) is 3.83. The average molecular weight is 480 g/mol. The van der Waals surface area contributed by atoms with Crippen molar-refractivity contribution in [2.75, 3.05) is 0 Å². The van der Waals surface area contributed by atoms with Crippen molar-refractivity contribution in [1.29, 1.82) is 0 Å². The Hall–Kier alpha value is -0.487. The third-order valence-corrected chi connectivity index (χ3v) is 4.81. The van der Waals surface area contributed by atoms with Crippen LogP contribution in [0.25, 0.3) is 21.9 Å². The number of hydrogen-bond acceptors (Lipinski definition) is 0. The van der Waals surface area contributed by atoms with Crippen molar-refractivity contribution in [3.63, 3.8) is 0 Å². The van der Waals surface area contributed by atoms with Crippen LogP contribution >= 0.6 is 17.0 Å². The number of hydrogen-bond donors (Lipinski definition) is 0. The Kier molecular flexibility index (Phi) is 8.29. The molecule has 3 aromatic rings. The molecular weight excluding hydrogens is 450 g/mol. The van der Waals surface area contributed by atoms with Gasteiger partial charge in [0.1, 0.15) is 0 Å². The predicted molar refractivity (Wildman–Crippen MR) is 119 cm³/mol. The van der Waals surface area contributed by atoms with Crippen molar-refractivity contribution in [2.24, 2.45) is 0 Å². The molecule has 0 bridgehead atoms. The number of aryl methyl sites for hydroxylation is 3. The van der Waals surface area contributed by atoms with E-state index in [0.717, 1.165) is 6.42 Å². The van der Waals surface area contributed by atoms with Crippen molar-refractivity contribution in [3.8, 4) is 11.1 Å². The van der Waals surface area contributed by atoms with Gasteiger partial charge >= 0.3 is 37.9 Å². The summed E-state index contributed by atoms with van der Waals surface area (Å²) in [5.41, 5.74) is 8.48. The molecule has 3 rings (SSSR count). The van der Waals surface area contributed by atoms with Crippen LogP contribution in [-0.4, -0.2) is 0 Å². The van der Waals surface area contributed by atoms with Crippen LogP contribution in [-0.2, 0) is 32.7 Å². The maximum atomic E-state index is 4.93. The van der Waals surface area contributed by atoms with Gasteiger partial charge in [-0.15, -0.1) is 34.5 Å². The van der Waals surface area contributed by atoms with Crippen LogP contribution in [0.1, 0.15) is 56.4 Å². The van der Waals surface area contributed by atoms with Gasteiger partial charge < -0.3 is 0 Å². The Morgan fingerprint density at radius 1 is 0.963 bits per heavy atom. The molecule has 0 unspecified atom stereocenters. The molecule has 0 radical (unpaired) electrons. The molecule has 0 aliphatic heterocycles. The number of fused-ring (bicyclic) bond motifs is 1. The van der Waals surface area contributed by atoms with Gasteiger partial charge in [-0.3, -0.25) is 0 Å². The Morgan fingerprint density at radius 3 is 2.07 bits per heavy atom. The van der Waals surface area contributed by atoms with Gasteiger partial charge in [-0.25, -0.2) is 0 Å². The molecule has 0 aromatic heterocycles. The summed E-state index contributed by atoms with van der Waals surface area (Å²) in [6.07, 6.45) is 2.35. The van der Waals surface area contributed by atoms with Gasteiger partial charge in [0.15, 0.2) is 0 Å². The first-order valence-corrected chi connectivity index (χ1v) is 15.8. The zero-order chi connectivity index (χ0) is 20.2. The van der Waals surface area contributed by atoms with Crippen LogP contribution in [0.15, 0.2) is 42.5 Å². The molecule has 144 valence electrons. The van der Waals surface area contributed by atoms with Gasteiger partial charge in [0.2, 0.25) is 0 Å². The molecule has 0 saturated heterocycles. The molecule has 0 fully saturated rings. The molecule has 27 heavy (non-hydrogen) atoms. The van der Waals surface area contributed by atoms with E-state index in [-0.39, 0.29) is 5.41 Å². The van der Waals surface area contributed by atoms with Crippen LogP contribution in [0.3, 0.4) is 0 Å². The summed E-state index contributed by atoms with van der Waals surface area (Å²) in [5.74, 6) is 0. The summed E-state index contributed by atoms with van der Waals surface area (Å²) >= 11 is -0.826. The summed E-state index contributed by atoms with van der Waals surface area (Å²) in [5, 5.41) is 2.79. The van der Waals surface area contributed by atoms with Crippen molar-refractivity contribution in [3.05, 3.63) is 64.7 Å². The normalized spacial score (nSPS) is 11.3. The van der Waals surface area contributed by atoms with Gasteiger partial charge in [0, 0.05) is 0 Å². The summed E-state index contributed by atoms with van der Waals surface area (Å²) < 4.78 is 0. The van der Waals surface area contributed by atoms with E-state index in [9.17, 15) is 0 Å². The van der Waals surface area contributed by atoms with Crippen molar-refractivity contribution in [1.82, 2.24) is 0 Å². The van der Waals surface area contributed by atoms with Crippen LogP contribution < -0.4 is 0 Å². The van der Waals surface area contributed by atoms with Crippen LogP contribution in [0.4, 0.5) is 0 Å². The molecule has 0 atom stereocenters. The number of benzene rings is 2. The fourth-order valence-electron chi connectivity index (χ4n) is 3.83. The van der Waals surface area contributed by atoms with Crippen LogP contribution in [0.5, 0.6) is 0 Å². The first-order valence-electron chi connectivity index (χ1n) is 9.49. The first-order chi connectivity index (χ1) is 12.7. The van der Waals surface area contributed by atoms with Crippen molar-refractivity contribution >= 4 is 27.8 Å². The molecule has 0 aliphatic rings. The fraction of sp³-hybridized carbons (Fsp3) is 0.375. The van der Waals surface area contributed by atoms with Gasteiger partial charge in [0.05, 0.1) is 0 Å². The number of halogens is 2. The minimum absolute atomic E-state index is 0.128. The third-order valence-electron chi connectivity index (χ3n) is 4.81. The monoisotopic (exact) mass is 477 g/mol. The Labute approximate surface area is 183 Å². The topological polar surface area (TPSA) is 0 Å². The minimum atomic E-state index is -0.826. The van der Waals surface area contributed by atoms with E-state index in [4.69, 9.17) is 17.0 Å². The van der Waals surface area contributed by atoms with Gasteiger partial charge in [0.25, 0.3) is 0 Å². The Bertz CT molecular complexity index is 880. The van der Waals surface area contributed by atoms with E-state index < -0.39 is 20.8 Å². The van der Waals surface area contributed by atoms with E-state index >= 15 is 0 Å². The van der Waals surface area contributed by atoms with Gasteiger partial charge in [-0.2, -0.15) is 6.07 Å². The standard InChI is InChI=1S/C24H29.2ClH.Zr/c1-7-8-18-14-19-9-10-22(24(4,5)6)23(21(19)15-18)20-12-16(2)11-17(3)13-20;;;/h9-15H,7-8H2,1-6H3;2*1H;/q-1;;;+2/p-2. The van der Waals surface area contributed by atoms with Crippen LogP contribution in [0, 0.1) is 13.8 Å². The second-order valence-corrected chi connectivity index (χ2v) is 12.0. The number of rotatable bonds is 3. The Morgan fingerprint density at radius 2 is 1.56 bits per heavy atom. The van der Waals surface area contributed by atoms with Gasteiger partial charge in [-0.05, 0) is 31.2 Å². The van der Waals surface area contributed by atoms with E-state index in [1.165, 1.54) is 50.6 Å². The summed E-state index contributed by atoms with van der Waals surface area (Å²) in [6.45, 7) is 13.6. The SMILES string of the molecule is CCCc1cc2c(-c3cc(C)cc(C)c3)c(C(C)(C)C)ccc2[cH-]1.[Cl][Zr][Cl]. The second-order valence-electron chi connectivity index (χ2n) is 8.30. The van der Waals surface area contributed by atoms with E-state index in [1.807, 2.05) is 0 Å². The van der Waals surface area contributed by atoms with E-state index in [1.54, 1.807) is 0 Å². The molecule has 3 aromatic carbocycles. The van der Waals surface area contributed by atoms with Gasteiger partial charge in [-0.1, -0.05) is 74.6 Å². The molecule has 0 heterocycles. The molecule has 0 amide bonds. The van der Waals surface area contributed by atoms with E-state index in [2.05, 4.69) is 84.0 Å².